The van der Waals surface area contributed by atoms with E-state index >= 15 is 0 Å². The number of hydrogen-bond acceptors (Lipinski definition) is 4. The highest BCUT2D eigenvalue weighted by atomic mass is 35.5. The van der Waals surface area contributed by atoms with Gasteiger partial charge >= 0.3 is 0 Å². The largest absolute Gasteiger partial charge is 0.396 e. The number of halogens is 2. The van der Waals surface area contributed by atoms with Gasteiger partial charge in [0, 0.05) is 18.9 Å². The van der Waals surface area contributed by atoms with Crippen LogP contribution >= 0.6 is 11.6 Å². The third-order valence-electron chi connectivity index (χ3n) is 2.86. The number of nitrogen functional groups attached to an aromatic ring is 1. The van der Waals surface area contributed by atoms with E-state index in [9.17, 15) is 12.8 Å². The average molecular weight is 330 g/mol. The molecular formula is C13H13ClFN3O2S. The van der Waals surface area contributed by atoms with Gasteiger partial charge in [-0.15, -0.1) is 0 Å². The van der Waals surface area contributed by atoms with Crippen LogP contribution in [0.3, 0.4) is 0 Å². The molecule has 2 N–H and O–H groups in total. The number of nitrogens with two attached hydrogens (primary N) is 1. The van der Waals surface area contributed by atoms with Crippen molar-refractivity contribution >= 4 is 33.0 Å². The molecule has 2 aromatic rings. The molecule has 21 heavy (non-hydrogen) atoms. The molecule has 0 fully saturated rings. The number of aromatic nitrogens is 1. The minimum Gasteiger partial charge on any atom is -0.396 e. The summed E-state index contributed by atoms with van der Waals surface area (Å²) in [5, 5.41) is -0.214. The summed E-state index contributed by atoms with van der Waals surface area (Å²) in [4.78, 5) is 3.61. The van der Waals surface area contributed by atoms with Gasteiger partial charge in [0.05, 0.1) is 16.4 Å². The predicted molar refractivity (Wildman–Crippen MR) is 80.3 cm³/mol. The van der Waals surface area contributed by atoms with Crippen molar-refractivity contribution in [2.75, 3.05) is 16.6 Å². The van der Waals surface area contributed by atoms with Gasteiger partial charge in [-0.2, -0.15) is 0 Å². The standard InChI is InChI=1S/C13H13ClFN3O2S/c1-2-18(9-3-5-17-6-4-9)21(19,20)13-8-12(16)11(15)7-10(13)14/h3-8H,2,16H2,1H3. The molecule has 0 saturated heterocycles. The van der Waals surface area contributed by atoms with E-state index in [1.54, 1.807) is 19.1 Å². The van der Waals surface area contributed by atoms with E-state index in [1.165, 1.54) is 12.4 Å². The van der Waals surface area contributed by atoms with Crippen LogP contribution in [0.5, 0.6) is 0 Å². The summed E-state index contributed by atoms with van der Waals surface area (Å²) in [7, 11) is -3.95. The molecule has 0 bridgehead atoms. The SMILES string of the molecule is CCN(c1ccncc1)S(=O)(=O)c1cc(N)c(F)cc1Cl. The minimum absolute atomic E-state index is 0.181. The first-order valence-corrected chi connectivity index (χ1v) is 7.87. The van der Waals surface area contributed by atoms with E-state index < -0.39 is 15.8 Å². The molecule has 0 unspecified atom stereocenters. The first-order valence-electron chi connectivity index (χ1n) is 6.05. The molecule has 1 aromatic heterocycles. The van der Waals surface area contributed by atoms with E-state index in [2.05, 4.69) is 4.98 Å². The van der Waals surface area contributed by atoms with Gasteiger partial charge in [0.15, 0.2) is 0 Å². The van der Waals surface area contributed by atoms with E-state index in [-0.39, 0.29) is 22.2 Å². The second-order valence-electron chi connectivity index (χ2n) is 4.18. The summed E-state index contributed by atoms with van der Waals surface area (Å²) in [6.45, 7) is 1.86. The van der Waals surface area contributed by atoms with Crippen LogP contribution in [0, 0.1) is 5.82 Å². The molecule has 0 radical (unpaired) electrons. The van der Waals surface area contributed by atoms with Crippen molar-refractivity contribution in [3.8, 4) is 0 Å². The van der Waals surface area contributed by atoms with Crippen LogP contribution in [0.25, 0.3) is 0 Å². The quantitative estimate of drug-likeness (QED) is 0.875. The lowest BCUT2D eigenvalue weighted by molar-refractivity contribution is 0.591. The van der Waals surface area contributed by atoms with Gasteiger partial charge in [-0.25, -0.2) is 12.8 Å². The molecule has 0 aliphatic carbocycles. The Morgan fingerprint density at radius 3 is 2.52 bits per heavy atom. The van der Waals surface area contributed by atoms with Crippen molar-refractivity contribution in [1.29, 1.82) is 0 Å². The molecule has 5 nitrogen and oxygen atoms in total. The zero-order chi connectivity index (χ0) is 15.6. The number of benzene rings is 1. The number of rotatable bonds is 4. The van der Waals surface area contributed by atoms with Crippen LogP contribution in [0.15, 0.2) is 41.6 Å². The molecule has 0 amide bonds. The number of pyridine rings is 1. The highest BCUT2D eigenvalue weighted by Gasteiger charge is 2.27. The van der Waals surface area contributed by atoms with Gasteiger partial charge in [0.2, 0.25) is 0 Å². The molecule has 2 rings (SSSR count). The van der Waals surface area contributed by atoms with Gasteiger partial charge in [0.1, 0.15) is 10.7 Å². The molecule has 1 aromatic carbocycles. The number of nitrogens with zero attached hydrogens (tertiary/aromatic N) is 2. The summed E-state index contributed by atoms with van der Waals surface area (Å²) in [6, 6.07) is 5.03. The van der Waals surface area contributed by atoms with Crippen LogP contribution in [0.1, 0.15) is 6.92 Å². The normalized spacial score (nSPS) is 11.4. The van der Waals surface area contributed by atoms with E-state index in [0.717, 1.165) is 16.4 Å². The molecule has 0 saturated carbocycles. The van der Waals surface area contributed by atoms with Crippen molar-refractivity contribution < 1.29 is 12.8 Å². The van der Waals surface area contributed by atoms with Crippen LogP contribution < -0.4 is 10.0 Å². The second-order valence-corrected chi connectivity index (χ2v) is 6.42. The lowest BCUT2D eigenvalue weighted by atomic mass is 10.3. The lowest BCUT2D eigenvalue weighted by Gasteiger charge is -2.23. The Labute approximate surface area is 127 Å². The maximum atomic E-state index is 13.3. The Balaban J connectivity index is 2.58. The Kier molecular flexibility index (Phi) is 4.34. The third-order valence-corrected chi connectivity index (χ3v) is 5.22. The fourth-order valence-electron chi connectivity index (χ4n) is 1.86. The van der Waals surface area contributed by atoms with Gasteiger partial charge < -0.3 is 5.73 Å². The van der Waals surface area contributed by atoms with Gasteiger partial charge in [-0.05, 0) is 31.2 Å². The van der Waals surface area contributed by atoms with Crippen LogP contribution in [-0.2, 0) is 10.0 Å². The van der Waals surface area contributed by atoms with Crippen LogP contribution in [0.4, 0.5) is 15.8 Å². The highest BCUT2D eigenvalue weighted by molar-refractivity contribution is 7.93. The van der Waals surface area contributed by atoms with Crippen molar-refractivity contribution in [3.05, 3.63) is 47.5 Å². The maximum absolute atomic E-state index is 13.3. The zero-order valence-corrected chi connectivity index (χ0v) is 12.7. The number of sulfonamides is 1. The Morgan fingerprint density at radius 2 is 1.95 bits per heavy atom. The van der Waals surface area contributed by atoms with Gasteiger partial charge in [0.25, 0.3) is 10.0 Å². The van der Waals surface area contributed by atoms with E-state index in [4.69, 9.17) is 17.3 Å². The smallest absolute Gasteiger partial charge is 0.265 e. The highest BCUT2D eigenvalue weighted by Crippen LogP contribution is 2.30. The van der Waals surface area contributed by atoms with Crippen molar-refractivity contribution in [2.24, 2.45) is 0 Å². The Hall–Kier alpha value is -1.86. The first kappa shape index (κ1) is 15.5. The molecule has 8 heteroatoms. The van der Waals surface area contributed by atoms with Crippen LogP contribution in [-0.4, -0.2) is 19.9 Å². The fraction of sp³-hybridized carbons (Fsp3) is 0.154. The summed E-state index contributed by atoms with van der Waals surface area (Å²) < 4.78 is 39.9. The number of anilines is 2. The molecule has 112 valence electrons. The first-order chi connectivity index (χ1) is 9.87. The summed E-state index contributed by atoms with van der Waals surface area (Å²) in [5.41, 5.74) is 5.60. The third kappa shape index (κ3) is 2.93. The monoisotopic (exact) mass is 329 g/mol. The molecule has 0 aliphatic rings. The van der Waals surface area contributed by atoms with Crippen molar-refractivity contribution in [2.45, 2.75) is 11.8 Å². The maximum Gasteiger partial charge on any atom is 0.265 e. The zero-order valence-electron chi connectivity index (χ0n) is 11.1. The second kappa shape index (κ2) is 5.87. The molecule has 0 aliphatic heterocycles. The Morgan fingerprint density at radius 1 is 1.33 bits per heavy atom. The summed E-state index contributed by atoms with van der Waals surface area (Å²) in [5.74, 6) is -0.758. The van der Waals surface area contributed by atoms with Crippen molar-refractivity contribution in [3.63, 3.8) is 0 Å². The van der Waals surface area contributed by atoms with Gasteiger partial charge in [-0.1, -0.05) is 11.6 Å². The minimum atomic E-state index is -3.95. The van der Waals surface area contributed by atoms with Gasteiger partial charge in [-0.3, -0.25) is 9.29 Å². The van der Waals surface area contributed by atoms with Crippen molar-refractivity contribution in [1.82, 2.24) is 4.98 Å². The molecular weight excluding hydrogens is 317 g/mol. The number of hydrogen-bond donors (Lipinski definition) is 1. The summed E-state index contributed by atoms with van der Waals surface area (Å²) in [6.07, 6.45) is 2.96. The average Bonchev–Trinajstić information content (AvgIpc) is 2.44. The molecule has 0 atom stereocenters. The topological polar surface area (TPSA) is 76.3 Å². The van der Waals surface area contributed by atoms with Crippen LogP contribution in [0.2, 0.25) is 5.02 Å². The predicted octanol–water partition coefficient (Wildman–Crippen LogP) is 2.67. The lowest BCUT2D eigenvalue weighted by Crippen LogP contribution is -2.31. The van der Waals surface area contributed by atoms with E-state index in [0.29, 0.717) is 5.69 Å². The van der Waals surface area contributed by atoms with E-state index in [1.807, 2.05) is 0 Å². The molecule has 0 spiro atoms. The molecule has 1 heterocycles. The fourth-order valence-corrected chi connectivity index (χ4v) is 3.86. The summed E-state index contributed by atoms with van der Waals surface area (Å²) >= 11 is 5.86. The Bertz CT molecular complexity index is 754.